The zero-order chi connectivity index (χ0) is 10.3. The summed E-state index contributed by atoms with van der Waals surface area (Å²) in [5.41, 5.74) is 3.25. The van der Waals surface area contributed by atoms with E-state index >= 15 is 0 Å². The highest BCUT2D eigenvalue weighted by molar-refractivity contribution is 5.34. The third-order valence-corrected chi connectivity index (χ3v) is 4.20. The van der Waals surface area contributed by atoms with Crippen LogP contribution < -0.4 is 0 Å². The van der Waals surface area contributed by atoms with E-state index in [-0.39, 0.29) is 0 Å². The minimum absolute atomic E-state index is 0.829. The van der Waals surface area contributed by atoms with Crippen LogP contribution in [0, 0.1) is 5.92 Å². The summed E-state index contributed by atoms with van der Waals surface area (Å²) < 4.78 is 0. The van der Waals surface area contributed by atoms with Crippen molar-refractivity contribution in [2.75, 3.05) is 19.6 Å². The first-order valence-electron chi connectivity index (χ1n) is 6.18. The Bertz CT molecular complexity index is 358. The van der Waals surface area contributed by atoms with Crippen LogP contribution in [0.15, 0.2) is 24.3 Å². The van der Waals surface area contributed by atoms with E-state index in [1.54, 1.807) is 11.1 Å². The summed E-state index contributed by atoms with van der Waals surface area (Å²) in [5, 5.41) is 0. The average molecular weight is 201 g/mol. The molecule has 0 N–H and O–H groups in total. The van der Waals surface area contributed by atoms with Crippen molar-refractivity contribution in [2.24, 2.45) is 5.92 Å². The van der Waals surface area contributed by atoms with Gasteiger partial charge in [-0.25, -0.2) is 0 Å². The summed E-state index contributed by atoms with van der Waals surface area (Å²) in [5.74, 6) is 1.76. The second kappa shape index (κ2) is 3.64. The fourth-order valence-corrected chi connectivity index (χ4v) is 3.33. The number of aryl methyl sites for hydroxylation is 1. The largest absolute Gasteiger partial charge is 0.303 e. The normalized spacial score (nSPS) is 29.9. The SMILES string of the molecule is CCN1CC2CCc3ccccc3C2C1. The molecule has 15 heavy (non-hydrogen) atoms. The van der Waals surface area contributed by atoms with Crippen molar-refractivity contribution in [2.45, 2.75) is 25.7 Å². The fraction of sp³-hybridized carbons (Fsp3) is 0.571. The van der Waals surface area contributed by atoms with Gasteiger partial charge in [-0.3, -0.25) is 0 Å². The molecule has 0 saturated carbocycles. The van der Waals surface area contributed by atoms with Crippen molar-refractivity contribution < 1.29 is 0 Å². The lowest BCUT2D eigenvalue weighted by molar-refractivity contribution is 0.338. The van der Waals surface area contributed by atoms with Crippen molar-refractivity contribution in [1.82, 2.24) is 4.90 Å². The van der Waals surface area contributed by atoms with Crippen molar-refractivity contribution in [1.29, 1.82) is 0 Å². The molecule has 2 aliphatic rings. The van der Waals surface area contributed by atoms with E-state index in [9.17, 15) is 0 Å². The van der Waals surface area contributed by atoms with Gasteiger partial charge >= 0.3 is 0 Å². The highest BCUT2D eigenvalue weighted by Gasteiger charge is 2.36. The van der Waals surface area contributed by atoms with Gasteiger partial charge in [0.2, 0.25) is 0 Å². The maximum atomic E-state index is 2.61. The van der Waals surface area contributed by atoms with Gasteiger partial charge in [-0.05, 0) is 36.4 Å². The van der Waals surface area contributed by atoms with E-state index in [2.05, 4.69) is 36.1 Å². The van der Waals surface area contributed by atoms with Gasteiger partial charge < -0.3 is 4.90 Å². The molecule has 0 radical (unpaired) electrons. The van der Waals surface area contributed by atoms with E-state index < -0.39 is 0 Å². The second-order valence-corrected chi connectivity index (χ2v) is 4.96. The first kappa shape index (κ1) is 9.41. The summed E-state index contributed by atoms with van der Waals surface area (Å²) >= 11 is 0. The first-order chi connectivity index (χ1) is 7.38. The number of hydrogen-bond acceptors (Lipinski definition) is 1. The van der Waals surface area contributed by atoms with Crippen molar-refractivity contribution in [3.8, 4) is 0 Å². The van der Waals surface area contributed by atoms with E-state index in [0.29, 0.717) is 0 Å². The molecule has 2 atom stereocenters. The Morgan fingerprint density at radius 3 is 3.00 bits per heavy atom. The highest BCUT2D eigenvalue weighted by Crippen LogP contribution is 2.40. The molecule has 1 aromatic carbocycles. The summed E-state index contributed by atoms with van der Waals surface area (Å²) in [6, 6.07) is 9.06. The Morgan fingerprint density at radius 2 is 2.13 bits per heavy atom. The van der Waals surface area contributed by atoms with Gasteiger partial charge in [0.15, 0.2) is 0 Å². The molecule has 1 saturated heterocycles. The molecule has 0 amide bonds. The minimum atomic E-state index is 0.829. The maximum Gasteiger partial charge on any atom is 0.00535 e. The molecule has 1 aliphatic carbocycles. The highest BCUT2D eigenvalue weighted by atomic mass is 15.1. The van der Waals surface area contributed by atoms with Crippen LogP contribution in [0.4, 0.5) is 0 Å². The molecule has 1 aromatic rings. The number of benzene rings is 1. The van der Waals surface area contributed by atoms with E-state index in [1.807, 2.05) is 0 Å². The lowest BCUT2D eigenvalue weighted by atomic mass is 9.77. The molecule has 0 bridgehead atoms. The summed E-state index contributed by atoms with van der Waals surface area (Å²) in [6.45, 7) is 6.12. The van der Waals surface area contributed by atoms with Crippen LogP contribution in [0.3, 0.4) is 0 Å². The molecule has 1 heteroatoms. The average Bonchev–Trinajstić information content (AvgIpc) is 2.72. The van der Waals surface area contributed by atoms with E-state index in [0.717, 1.165) is 11.8 Å². The van der Waals surface area contributed by atoms with Gasteiger partial charge in [-0.1, -0.05) is 31.2 Å². The van der Waals surface area contributed by atoms with Crippen molar-refractivity contribution in [3.63, 3.8) is 0 Å². The first-order valence-corrected chi connectivity index (χ1v) is 6.18. The van der Waals surface area contributed by atoms with Crippen LogP contribution in [0.25, 0.3) is 0 Å². The van der Waals surface area contributed by atoms with Crippen LogP contribution in [0.5, 0.6) is 0 Å². The van der Waals surface area contributed by atoms with E-state index in [4.69, 9.17) is 0 Å². The molecular weight excluding hydrogens is 182 g/mol. The van der Waals surface area contributed by atoms with Crippen LogP contribution in [0.2, 0.25) is 0 Å². The Balaban J connectivity index is 1.93. The lowest BCUT2D eigenvalue weighted by Gasteiger charge is -2.27. The second-order valence-electron chi connectivity index (χ2n) is 4.96. The number of hydrogen-bond donors (Lipinski definition) is 0. The Labute approximate surface area is 92.1 Å². The summed E-state index contributed by atoms with van der Waals surface area (Å²) in [4.78, 5) is 2.61. The molecule has 2 unspecified atom stereocenters. The van der Waals surface area contributed by atoms with Crippen LogP contribution in [0.1, 0.15) is 30.4 Å². The number of fused-ring (bicyclic) bond motifs is 3. The third-order valence-electron chi connectivity index (χ3n) is 4.20. The molecule has 1 nitrogen and oxygen atoms in total. The Hall–Kier alpha value is -0.820. The van der Waals surface area contributed by atoms with Gasteiger partial charge in [-0.15, -0.1) is 0 Å². The molecule has 3 rings (SSSR count). The van der Waals surface area contributed by atoms with Crippen LogP contribution >= 0.6 is 0 Å². The van der Waals surface area contributed by atoms with Gasteiger partial charge in [-0.2, -0.15) is 0 Å². The predicted molar refractivity (Wildman–Crippen MR) is 63.1 cm³/mol. The van der Waals surface area contributed by atoms with Crippen molar-refractivity contribution in [3.05, 3.63) is 35.4 Å². The van der Waals surface area contributed by atoms with Gasteiger partial charge in [0, 0.05) is 19.0 Å². The van der Waals surface area contributed by atoms with E-state index in [1.165, 1.54) is 32.5 Å². The fourth-order valence-electron chi connectivity index (χ4n) is 3.33. The molecule has 1 aliphatic heterocycles. The molecule has 1 heterocycles. The Morgan fingerprint density at radius 1 is 1.27 bits per heavy atom. The molecule has 80 valence electrons. The zero-order valence-electron chi connectivity index (χ0n) is 9.45. The molecule has 1 fully saturated rings. The standard InChI is InChI=1S/C14H19N/c1-2-15-9-12-8-7-11-5-3-4-6-13(11)14(12)10-15/h3-6,12,14H,2,7-10H2,1H3. The monoisotopic (exact) mass is 201 g/mol. The lowest BCUT2D eigenvalue weighted by Crippen LogP contribution is -2.19. The molecule has 0 spiro atoms. The summed E-state index contributed by atoms with van der Waals surface area (Å²) in [7, 11) is 0. The Kier molecular flexibility index (Phi) is 2.28. The van der Waals surface area contributed by atoms with Gasteiger partial charge in [0.25, 0.3) is 0 Å². The van der Waals surface area contributed by atoms with Crippen LogP contribution in [-0.4, -0.2) is 24.5 Å². The number of likely N-dealkylation sites (N-methyl/N-ethyl adjacent to an activating group) is 1. The number of nitrogens with zero attached hydrogens (tertiary/aromatic N) is 1. The minimum Gasteiger partial charge on any atom is -0.303 e. The van der Waals surface area contributed by atoms with Gasteiger partial charge in [0.1, 0.15) is 0 Å². The number of likely N-dealkylation sites (tertiary alicyclic amines) is 1. The number of rotatable bonds is 1. The maximum absolute atomic E-state index is 2.61. The topological polar surface area (TPSA) is 3.24 Å². The quantitative estimate of drug-likeness (QED) is 0.675. The zero-order valence-corrected chi connectivity index (χ0v) is 9.45. The molecule has 0 aromatic heterocycles. The molecular formula is C14H19N. The van der Waals surface area contributed by atoms with Gasteiger partial charge in [0.05, 0.1) is 0 Å². The van der Waals surface area contributed by atoms with Crippen LogP contribution in [-0.2, 0) is 6.42 Å². The third kappa shape index (κ3) is 1.50. The smallest absolute Gasteiger partial charge is 0.00535 e. The summed E-state index contributed by atoms with van der Waals surface area (Å²) in [6.07, 6.45) is 2.70. The van der Waals surface area contributed by atoms with Crippen molar-refractivity contribution >= 4 is 0 Å². The predicted octanol–water partition coefficient (Wildman–Crippen LogP) is 2.67.